The van der Waals surface area contributed by atoms with Crippen LogP contribution in [0.15, 0.2) is 59.8 Å². The summed E-state index contributed by atoms with van der Waals surface area (Å²) >= 11 is 0. The van der Waals surface area contributed by atoms with E-state index in [4.69, 9.17) is 0 Å². The second-order valence-electron chi connectivity index (χ2n) is 6.16. The molecule has 2 heterocycles. The van der Waals surface area contributed by atoms with Gasteiger partial charge in [-0.25, -0.2) is 13.2 Å². The molecule has 1 aromatic heterocycles. The van der Waals surface area contributed by atoms with Gasteiger partial charge in [-0.15, -0.1) is 0 Å². The highest BCUT2D eigenvalue weighted by atomic mass is 32.2. The largest absolute Gasteiger partial charge is 0.336 e. The average Bonchev–Trinajstić information content (AvgIpc) is 2.68. The van der Waals surface area contributed by atoms with Crippen molar-refractivity contribution in [2.75, 3.05) is 18.4 Å². The molecular formula is C18H22N4O3S. The Morgan fingerprint density at radius 3 is 2.69 bits per heavy atom. The van der Waals surface area contributed by atoms with Crippen molar-refractivity contribution >= 4 is 21.7 Å². The SMILES string of the molecule is O=C(NCC1CCCCN1S(=O)(=O)c1cccnc1)Nc1ccccc1. The summed E-state index contributed by atoms with van der Waals surface area (Å²) in [5, 5.41) is 5.52. The number of para-hydroxylation sites is 1. The lowest BCUT2D eigenvalue weighted by molar-refractivity contribution is 0.231. The monoisotopic (exact) mass is 374 g/mol. The molecule has 0 bridgehead atoms. The Balaban J connectivity index is 1.65. The Morgan fingerprint density at radius 2 is 1.96 bits per heavy atom. The molecule has 0 aliphatic carbocycles. The first-order chi connectivity index (χ1) is 12.6. The van der Waals surface area contributed by atoms with E-state index in [1.165, 1.54) is 10.5 Å². The number of sulfonamides is 1. The van der Waals surface area contributed by atoms with Crippen LogP contribution in [0.2, 0.25) is 0 Å². The number of hydrogen-bond acceptors (Lipinski definition) is 4. The van der Waals surface area contributed by atoms with Gasteiger partial charge < -0.3 is 10.6 Å². The molecule has 2 aromatic rings. The minimum atomic E-state index is -3.62. The number of nitrogens with zero attached hydrogens (tertiary/aromatic N) is 2. The number of carbonyl (C=O) groups excluding carboxylic acids is 1. The van der Waals surface area contributed by atoms with Crippen molar-refractivity contribution in [2.45, 2.75) is 30.2 Å². The van der Waals surface area contributed by atoms with E-state index in [1.807, 2.05) is 18.2 Å². The second kappa shape index (κ2) is 8.29. The van der Waals surface area contributed by atoms with Crippen LogP contribution < -0.4 is 10.6 Å². The summed E-state index contributed by atoms with van der Waals surface area (Å²) < 4.78 is 27.3. The molecule has 8 heteroatoms. The Hall–Kier alpha value is -2.45. The smallest absolute Gasteiger partial charge is 0.319 e. The zero-order valence-electron chi connectivity index (χ0n) is 14.3. The summed E-state index contributed by atoms with van der Waals surface area (Å²) in [7, 11) is -3.62. The number of aromatic nitrogens is 1. The summed E-state index contributed by atoms with van der Waals surface area (Å²) in [5.41, 5.74) is 0.688. The number of amides is 2. The Bertz CT molecular complexity index is 828. The van der Waals surface area contributed by atoms with E-state index < -0.39 is 10.0 Å². The minimum absolute atomic E-state index is 0.181. The predicted octanol–water partition coefficient (Wildman–Crippen LogP) is 2.45. The molecule has 0 saturated carbocycles. The first-order valence-corrected chi connectivity index (χ1v) is 10.0. The molecule has 138 valence electrons. The lowest BCUT2D eigenvalue weighted by atomic mass is 10.1. The number of urea groups is 1. The first-order valence-electron chi connectivity index (χ1n) is 8.59. The summed E-state index contributed by atoms with van der Waals surface area (Å²) in [6.07, 6.45) is 5.36. The molecule has 7 nitrogen and oxygen atoms in total. The predicted molar refractivity (Wildman–Crippen MR) is 99.2 cm³/mol. The van der Waals surface area contributed by atoms with E-state index in [0.717, 1.165) is 12.8 Å². The molecule has 3 rings (SSSR count). The van der Waals surface area contributed by atoms with Gasteiger partial charge in [-0.05, 0) is 37.1 Å². The standard InChI is InChI=1S/C18H22N4O3S/c23-18(21-15-7-2-1-3-8-15)20-13-16-9-4-5-12-22(16)26(24,25)17-10-6-11-19-14-17/h1-3,6-8,10-11,14,16H,4-5,9,12-13H2,(H2,20,21,23). The summed E-state index contributed by atoms with van der Waals surface area (Å²) in [5.74, 6) is 0. The van der Waals surface area contributed by atoms with E-state index in [1.54, 1.807) is 30.5 Å². The van der Waals surface area contributed by atoms with Crippen LogP contribution in [-0.2, 0) is 10.0 Å². The maximum absolute atomic E-state index is 12.9. The Morgan fingerprint density at radius 1 is 1.15 bits per heavy atom. The Labute approximate surface area is 153 Å². The van der Waals surface area contributed by atoms with Gasteiger partial charge in [-0.2, -0.15) is 4.31 Å². The minimum Gasteiger partial charge on any atom is -0.336 e. The quantitative estimate of drug-likeness (QED) is 0.841. The molecule has 1 aliphatic rings. The average molecular weight is 374 g/mol. The zero-order valence-corrected chi connectivity index (χ0v) is 15.2. The molecule has 0 spiro atoms. The molecule has 26 heavy (non-hydrogen) atoms. The van der Waals surface area contributed by atoms with E-state index in [2.05, 4.69) is 15.6 Å². The van der Waals surface area contributed by atoms with Crippen LogP contribution in [0.4, 0.5) is 10.5 Å². The van der Waals surface area contributed by atoms with Crippen molar-refractivity contribution in [3.63, 3.8) is 0 Å². The Kier molecular flexibility index (Phi) is 5.85. The molecule has 1 fully saturated rings. The molecule has 1 aromatic carbocycles. The van der Waals surface area contributed by atoms with Crippen LogP contribution >= 0.6 is 0 Å². The molecular weight excluding hydrogens is 352 g/mol. The molecule has 2 N–H and O–H groups in total. The van der Waals surface area contributed by atoms with Crippen LogP contribution in [0.3, 0.4) is 0 Å². The number of hydrogen-bond donors (Lipinski definition) is 2. The highest BCUT2D eigenvalue weighted by Gasteiger charge is 2.33. The van der Waals surface area contributed by atoms with Gasteiger partial charge in [0.15, 0.2) is 0 Å². The lowest BCUT2D eigenvalue weighted by Gasteiger charge is -2.34. The molecule has 2 amide bonds. The fourth-order valence-corrected chi connectivity index (χ4v) is 4.69. The van der Waals surface area contributed by atoms with Gasteiger partial charge in [0.05, 0.1) is 0 Å². The van der Waals surface area contributed by atoms with Crippen LogP contribution in [-0.4, -0.2) is 42.9 Å². The van der Waals surface area contributed by atoms with Crippen LogP contribution in [0, 0.1) is 0 Å². The molecule has 1 unspecified atom stereocenters. The van der Waals surface area contributed by atoms with Gasteiger partial charge >= 0.3 is 6.03 Å². The van der Waals surface area contributed by atoms with Gasteiger partial charge in [0, 0.05) is 37.2 Å². The van der Waals surface area contributed by atoms with Gasteiger partial charge in [-0.3, -0.25) is 4.98 Å². The van der Waals surface area contributed by atoms with Crippen molar-refractivity contribution in [2.24, 2.45) is 0 Å². The summed E-state index contributed by atoms with van der Waals surface area (Å²) in [4.78, 5) is 16.2. The van der Waals surface area contributed by atoms with E-state index in [-0.39, 0.29) is 23.5 Å². The van der Waals surface area contributed by atoms with Crippen LogP contribution in [0.25, 0.3) is 0 Å². The fraction of sp³-hybridized carbons (Fsp3) is 0.333. The fourth-order valence-electron chi connectivity index (χ4n) is 3.04. The second-order valence-corrected chi connectivity index (χ2v) is 8.05. The molecule has 0 radical (unpaired) electrons. The van der Waals surface area contributed by atoms with Crippen molar-refractivity contribution in [1.29, 1.82) is 0 Å². The number of carbonyl (C=O) groups is 1. The summed E-state index contributed by atoms with van der Waals surface area (Å²) in [6.45, 7) is 0.710. The van der Waals surface area contributed by atoms with E-state index in [9.17, 15) is 13.2 Å². The van der Waals surface area contributed by atoms with Gasteiger partial charge in [-0.1, -0.05) is 24.6 Å². The number of piperidine rings is 1. The van der Waals surface area contributed by atoms with Crippen molar-refractivity contribution in [1.82, 2.24) is 14.6 Å². The number of pyridine rings is 1. The topological polar surface area (TPSA) is 91.4 Å². The third kappa shape index (κ3) is 4.39. The number of benzene rings is 1. The number of nitrogens with one attached hydrogen (secondary N) is 2. The maximum atomic E-state index is 12.9. The lowest BCUT2D eigenvalue weighted by Crippen LogP contribution is -2.49. The number of rotatable bonds is 5. The highest BCUT2D eigenvalue weighted by molar-refractivity contribution is 7.89. The van der Waals surface area contributed by atoms with Crippen LogP contribution in [0.5, 0.6) is 0 Å². The van der Waals surface area contributed by atoms with Gasteiger partial charge in [0.2, 0.25) is 10.0 Å². The third-order valence-corrected chi connectivity index (χ3v) is 6.28. The number of anilines is 1. The van der Waals surface area contributed by atoms with E-state index >= 15 is 0 Å². The van der Waals surface area contributed by atoms with Gasteiger partial charge in [0.25, 0.3) is 0 Å². The molecule has 1 aliphatic heterocycles. The maximum Gasteiger partial charge on any atom is 0.319 e. The zero-order chi connectivity index (χ0) is 18.4. The molecule has 1 saturated heterocycles. The first kappa shape index (κ1) is 18.3. The molecule has 1 atom stereocenters. The van der Waals surface area contributed by atoms with Crippen molar-refractivity contribution in [3.8, 4) is 0 Å². The van der Waals surface area contributed by atoms with Gasteiger partial charge in [0.1, 0.15) is 4.90 Å². The van der Waals surface area contributed by atoms with Crippen LogP contribution in [0.1, 0.15) is 19.3 Å². The van der Waals surface area contributed by atoms with Crippen molar-refractivity contribution in [3.05, 3.63) is 54.9 Å². The summed E-state index contributed by atoms with van der Waals surface area (Å²) in [6, 6.07) is 11.7. The van der Waals surface area contributed by atoms with E-state index in [0.29, 0.717) is 18.7 Å². The normalized spacial score (nSPS) is 18.2. The van der Waals surface area contributed by atoms with Crippen molar-refractivity contribution < 1.29 is 13.2 Å². The third-order valence-electron chi connectivity index (χ3n) is 4.34. The highest BCUT2D eigenvalue weighted by Crippen LogP contribution is 2.24.